The van der Waals surface area contributed by atoms with Gasteiger partial charge in [-0.25, -0.2) is 4.90 Å². The number of rotatable bonds is 5. The molecule has 6 nitrogen and oxygen atoms in total. The molecule has 1 aliphatic rings. The van der Waals surface area contributed by atoms with Crippen molar-refractivity contribution < 1.29 is 19.5 Å². The standard InChI is InChI=1S/C14H16N2O4S/c1-8-4-2-3-5-10(8)16-12(17)6-11(13(16)18)21-7-9(15)14(19)20/h2-5,9,11H,6-7,15H2,1H3,(H,19,20)/t9-,11-/m0/s1. The number of thioether (sulfide) groups is 1. The highest BCUT2D eigenvalue weighted by Gasteiger charge is 2.40. The summed E-state index contributed by atoms with van der Waals surface area (Å²) in [4.78, 5) is 36.3. The molecular formula is C14H16N2O4S. The lowest BCUT2D eigenvalue weighted by molar-refractivity contribution is -0.138. The Bertz CT molecular complexity index is 590. The van der Waals surface area contributed by atoms with E-state index in [0.717, 1.165) is 17.3 Å². The maximum absolute atomic E-state index is 12.3. The number of imide groups is 1. The van der Waals surface area contributed by atoms with Crippen molar-refractivity contribution >= 4 is 35.2 Å². The van der Waals surface area contributed by atoms with Gasteiger partial charge < -0.3 is 10.8 Å². The predicted octanol–water partition coefficient (Wildman–Crippen LogP) is 0.772. The van der Waals surface area contributed by atoms with Crippen LogP contribution in [0.25, 0.3) is 0 Å². The van der Waals surface area contributed by atoms with Crippen molar-refractivity contribution in [3.63, 3.8) is 0 Å². The second kappa shape index (κ2) is 6.28. The molecular weight excluding hydrogens is 292 g/mol. The second-order valence-electron chi connectivity index (χ2n) is 4.82. The fourth-order valence-electron chi connectivity index (χ4n) is 2.09. The number of nitrogens with two attached hydrogens (primary N) is 1. The predicted molar refractivity (Wildman–Crippen MR) is 80.1 cm³/mol. The number of amides is 2. The second-order valence-corrected chi connectivity index (χ2v) is 6.06. The molecule has 1 fully saturated rings. The summed E-state index contributed by atoms with van der Waals surface area (Å²) in [5.41, 5.74) is 6.84. The third-order valence-electron chi connectivity index (χ3n) is 3.26. The summed E-state index contributed by atoms with van der Waals surface area (Å²) in [6.45, 7) is 1.83. The molecule has 1 aromatic carbocycles. The molecule has 2 rings (SSSR count). The molecule has 0 saturated carbocycles. The highest BCUT2D eigenvalue weighted by molar-refractivity contribution is 8.00. The largest absolute Gasteiger partial charge is 0.480 e. The van der Waals surface area contributed by atoms with Crippen LogP contribution in [0.3, 0.4) is 0 Å². The molecule has 0 spiro atoms. The number of hydrogen-bond acceptors (Lipinski definition) is 5. The summed E-state index contributed by atoms with van der Waals surface area (Å²) in [7, 11) is 0. The summed E-state index contributed by atoms with van der Waals surface area (Å²) < 4.78 is 0. The van der Waals surface area contributed by atoms with Crippen LogP contribution in [-0.4, -0.2) is 39.9 Å². The number of aliphatic carboxylic acids is 1. The van der Waals surface area contributed by atoms with E-state index in [-0.39, 0.29) is 24.0 Å². The third kappa shape index (κ3) is 3.25. The molecule has 0 aliphatic carbocycles. The van der Waals surface area contributed by atoms with Crippen LogP contribution in [0.4, 0.5) is 5.69 Å². The lowest BCUT2D eigenvalue weighted by Gasteiger charge is -2.17. The van der Waals surface area contributed by atoms with Crippen LogP contribution in [-0.2, 0) is 14.4 Å². The zero-order valence-corrected chi connectivity index (χ0v) is 12.3. The van der Waals surface area contributed by atoms with E-state index in [1.165, 1.54) is 4.90 Å². The average Bonchev–Trinajstić information content (AvgIpc) is 2.71. The Kier molecular flexibility index (Phi) is 4.64. The Morgan fingerprint density at radius 1 is 1.48 bits per heavy atom. The smallest absolute Gasteiger partial charge is 0.321 e. The molecule has 2 atom stereocenters. The van der Waals surface area contributed by atoms with Gasteiger partial charge in [0.1, 0.15) is 6.04 Å². The molecule has 3 N–H and O–H groups in total. The van der Waals surface area contributed by atoms with Crippen LogP contribution < -0.4 is 10.6 Å². The zero-order valence-electron chi connectivity index (χ0n) is 11.5. The van der Waals surface area contributed by atoms with E-state index >= 15 is 0 Å². The number of nitrogens with zero attached hydrogens (tertiary/aromatic N) is 1. The number of carboxylic acids is 1. The third-order valence-corrected chi connectivity index (χ3v) is 4.58. The summed E-state index contributed by atoms with van der Waals surface area (Å²) in [5.74, 6) is -1.59. The van der Waals surface area contributed by atoms with Crippen LogP contribution in [0.5, 0.6) is 0 Å². The minimum atomic E-state index is -1.12. The first-order valence-electron chi connectivity index (χ1n) is 6.44. The monoisotopic (exact) mass is 308 g/mol. The van der Waals surface area contributed by atoms with Gasteiger partial charge in [0.15, 0.2) is 0 Å². The topological polar surface area (TPSA) is 101 Å². The maximum atomic E-state index is 12.3. The van der Waals surface area contributed by atoms with Gasteiger partial charge in [-0.1, -0.05) is 18.2 Å². The molecule has 2 amide bonds. The Morgan fingerprint density at radius 3 is 2.76 bits per heavy atom. The van der Waals surface area contributed by atoms with Gasteiger partial charge >= 0.3 is 5.97 Å². The number of anilines is 1. The molecule has 1 heterocycles. The van der Waals surface area contributed by atoms with Crippen LogP contribution in [0, 0.1) is 6.92 Å². The lowest BCUT2D eigenvalue weighted by Crippen LogP contribution is -2.35. The van der Waals surface area contributed by atoms with Gasteiger partial charge in [0, 0.05) is 12.2 Å². The normalized spacial score (nSPS) is 19.9. The number of hydrogen-bond donors (Lipinski definition) is 2. The van der Waals surface area contributed by atoms with Gasteiger partial charge in [-0.05, 0) is 18.6 Å². The number of carbonyl (C=O) groups is 3. The zero-order chi connectivity index (χ0) is 15.6. The van der Waals surface area contributed by atoms with E-state index < -0.39 is 17.3 Å². The Morgan fingerprint density at radius 2 is 2.14 bits per heavy atom. The van der Waals surface area contributed by atoms with Crippen molar-refractivity contribution in [2.24, 2.45) is 5.73 Å². The van der Waals surface area contributed by atoms with Gasteiger partial charge in [0.05, 0.1) is 10.9 Å². The van der Waals surface area contributed by atoms with Crippen molar-refractivity contribution in [1.29, 1.82) is 0 Å². The van der Waals surface area contributed by atoms with Gasteiger partial charge in [0.2, 0.25) is 11.8 Å². The average molecular weight is 308 g/mol. The first-order valence-corrected chi connectivity index (χ1v) is 7.49. The minimum Gasteiger partial charge on any atom is -0.480 e. The first-order chi connectivity index (χ1) is 9.91. The Hall–Kier alpha value is -1.86. The molecule has 0 aromatic heterocycles. The highest BCUT2D eigenvalue weighted by atomic mass is 32.2. The molecule has 1 aromatic rings. The number of carbonyl (C=O) groups excluding carboxylic acids is 2. The quantitative estimate of drug-likeness (QED) is 0.779. The van der Waals surface area contributed by atoms with E-state index in [1.807, 2.05) is 19.1 Å². The molecule has 0 radical (unpaired) electrons. The van der Waals surface area contributed by atoms with Crippen molar-refractivity contribution in [2.45, 2.75) is 24.6 Å². The molecule has 1 aliphatic heterocycles. The highest BCUT2D eigenvalue weighted by Crippen LogP contribution is 2.31. The summed E-state index contributed by atoms with van der Waals surface area (Å²) in [5, 5.41) is 8.17. The van der Waals surface area contributed by atoms with Crippen molar-refractivity contribution in [3.05, 3.63) is 29.8 Å². The maximum Gasteiger partial charge on any atom is 0.321 e. The molecule has 7 heteroatoms. The van der Waals surface area contributed by atoms with E-state index in [9.17, 15) is 14.4 Å². The van der Waals surface area contributed by atoms with Gasteiger partial charge in [-0.15, -0.1) is 11.8 Å². The Balaban J connectivity index is 2.10. The summed E-state index contributed by atoms with van der Waals surface area (Å²) in [6, 6.07) is 6.12. The SMILES string of the molecule is Cc1ccccc1N1C(=O)C[C@H](SC[C@H](N)C(=O)O)C1=O. The fraction of sp³-hybridized carbons (Fsp3) is 0.357. The van der Waals surface area contributed by atoms with E-state index in [0.29, 0.717) is 5.69 Å². The molecule has 0 unspecified atom stereocenters. The first kappa shape index (κ1) is 15.5. The van der Waals surface area contributed by atoms with E-state index in [4.69, 9.17) is 10.8 Å². The van der Waals surface area contributed by atoms with Gasteiger partial charge in [-0.2, -0.15) is 0 Å². The van der Waals surface area contributed by atoms with Crippen LogP contribution in [0.1, 0.15) is 12.0 Å². The fourth-order valence-corrected chi connectivity index (χ4v) is 3.18. The molecule has 21 heavy (non-hydrogen) atoms. The number of carboxylic acid groups (broad SMARTS) is 1. The lowest BCUT2D eigenvalue weighted by atomic mass is 10.2. The molecule has 1 saturated heterocycles. The number of para-hydroxylation sites is 1. The van der Waals surface area contributed by atoms with Crippen LogP contribution >= 0.6 is 11.8 Å². The van der Waals surface area contributed by atoms with Crippen molar-refractivity contribution in [2.75, 3.05) is 10.7 Å². The van der Waals surface area contributed by atoms with E-state index in [1.54, 1.807) is 12.1 Å². The van der Waals surface area contributed by atoms with E-state index in [2.05, 4.69) is 0 Å². The molecule has 0 bridgehead atoms. The number of benzene rings is 1. The Labute approximate surface area is 126 Å². The van der Waals surface area contributed by atoms with Gasteiger partial charge in [-0.3, -0.25) is 14.4 Å². The minimum absolute atomic E-state index is 0.0736. The van der Waals surface area contributed by atoms with Gasteiger partial charge in [0.25, 0.3) is 0 Å². The van der Waals surface area contributed by atoms with Crippen LogP contribution in [0.2, 0.25) is 0 Å². The summed E-state index contributed by atoms with van der Waals surface area (Å²) in [6.07, 6.45) is 0.0736. The number of aryl methyl sites for hydroxylation is 1. The summed E-state index contributed by atoms with van der Waals surface area (Å²) >= 11 is 1.12. The molecule has 112 valence electrons. The van der Waals surface area contributed by atoms with Crippen molar-refractivity contribution in [3.8, 4) is 0 Å². The van der Waals surface area contributed by atoms with Crippen molar-refractivity contribution in [1.82, 2.24) is 0 Å². The van der Waals surface area contributed by atoms with Crippen LogP contribution in [0.15, 0.2) is 24.3 Å².